The monoisotopic (exact) mass is 1230 g/mol. The number of ether oxygens (including phenoxy) is 5. The highest BCUT2D eigenvalue weighted by Crippen LogP contribution is 2.39. The number of nitrogens with zero attached hydrogens (tertiary/aromatic N) is 2. The highest BCUT2D eigenvalue weighted by molar-refractivity contribution is 5.80. The third kappa shape index (κ3) is 21.0. The van der Waals surface area contributed by atoms with E-state index in [9.17, 15) is 81.1 Å². The molecule has 0 radical (unpaired) electrons. The van der Waals surface area contributed by atoms with Crippen molar-refractivity contribution in [3.8, 4) is 0 Å². The second-order valence-corrected chi connectivity index (χ2v) is 23.9. The van der Waals surface area contributed by atoms with Crippen molar-refractivity contribution < 1.29 is 105 Å². The third-order valence-corrected chi connectivity index (χ3v) is 17.0. The van der Waals surface area contributed by atoms with Gasteiger partial charge in [0.1, 0.15) is 30.5 Å². The van der Waals surface area contributed by atoms with Crippen LogP contribution in [0.3, 0.4) is 0 Å². The minimum atomic E-state index is -2.47. The van der Waals surface area contributed by atoms with Crippen LogP contribution in [0, 0.1) is 17.8 Å². The summed E-state index contributed by atoms with van der Waals surface area (Å²) in [5.41, 5.74) is 0.958. The summed E-state index contributed by atoms with van der Waals surface area (Å²) >= 11 is 0. The minimum Gasteiger partial charge on any atom is -0.462 e. The zero-order chi connectivity index (χ0) is 63.6. The number of aliphatic hydroxyl groups is 14. The Morgan fingerprint density at radius 3 is 1.87 bits per heavy atom. The molecule has 0 aromatic heterocycles. The fourth-order valence-corrected chi connectivity index (χ4v) is 11.5. The molecule has 24 nitrogen and oxygen atoms in total. The first-order valence-corrected chi connectivity index (χ1v) is 30.2. The lowest BCUT2D eigenvalue weighted by Gasteiger charge is -2.48. The van der Waals surface area contributed by atoms with Crippen molar-refractivity contribution in [2.45, 2.75) is 201 Å². The van der Waals surface area contributed by atoms with Crippen molar-refractivity contribution in [1.82, 2.24) is 10.2 Å². The molecule has 488 valence electrons. The summed E-state index contributed by atoms with van der Waals surface area (Å²) in [5.74, 6) is -8.22. The van der Waals surface area contributed by atoms with E-state index in [4.69, 9.17) is 23.7 Å². The molecule has 2 bridgehead atoms. The number of benzene rings is 1. The summed E-state index contributed by atoms with van der Waals surface area (Å²) in [6.07, 6.45) is -2.91. The van der Waals surface area contributed by atoms with Crippen LogP contribution in [0.2, 0.25) is 0 Å². The van der Waals surface area contributed by atoms with E-state index in [0.29, 0.717) is 13.1 Å². The van der Waals surface area contributed by atoms with Crippen LogP contribution >= 0.6 is 0 Å². The quantitative estimate of drug-likeness (QED) is 0.152. The number of nitrogens with one attached hydrogen (secondary N) is 1. The summed E-state index contributed by atoms with van der Waals surface area (Å²) in [4.78, 5) is 31.3. The van der Waals surface area contributed by atoms with Gasteiger partial charge in [-0.25, -0.2) is 0 Å². The molecule has 5 aliphatic heterocycles. The van der Waals surface area contributed by atoms with Gasteiger partial charge in [-0.2, -0.15) is 0 Å². The number of fused-ring (bicyclic) bond motifs is 2. The van der Waals surface area contributed by atoms with Gasteiger partial charge in [-0.3, -0.25) is 9.59 Å². The zero-order valence-corrected chi connectivity index (χ0v) is 50.0. The molecule has 0 saturated carbocycles. The van der Waals surface area contributed by atoms with Crippen LogP contribution in [0.25, 0.3) is 0 Å². The van der Waals surface area contributed by atoms with Crippen molar-refractivity contribution >= 4 is 17.6 Å². The van der Waals surface area contributed by atoms with E-state index < -0.39 is 184 Å². The number of hydrogen-bond acceptors (Lipinski definition) is 23. The van der Waals surface area contributed by atoms with Crippen LogP contribution in [0.1, 0.15) is 79.1 Å². The van der Waals surface area contributed by atoms with E-state index >= 15 is 0 Å². The molecule has 1 amide bonds. The second kappa shape index (κ2) is 34.0. The number of esters is 1. The lowest BCUT2D eigenvalue weighted by atomic mass is 9.81. The molecule has 24 heteroatoms. The Kier molecular flexibility index (Phi) is 27.9. The molecule has 6 rings (SSSR count). The molecule has 4 fully saturated rings. The number of anilines is 1. The van der Waals surface area contributed by atoms with Crippen molar-refractivity contribution in [1.29, 1.82) is 0 Å². The first-order chi connectivity index (χ1) is 41.3. The summed E-state index contributed by atoms with van der Waals surface area (Å²) in [5, 5.41) is 158. The van der Waals surface area contributed by atoms with Crippen LogP contribution in [0.5, 0.6) is 0 Å². The predicted molar refractivity (Wildman–Crippen MR) is 317 cm³/mol. The molecule has 4 saturated heterocycles. The van der Waals surface area contributed by atoms with Gasteiger partial charge in [-0.15, -0.1) is 0 Å². The standard InChI is InChI=1S/C63H95N3O21/c1-38-20-16-13-11-9-7-5-6-8-10-12-14-19-23-46(86-61-58(78)54(56(76)41(4)85-61)64-37-63(82)59(79)57(77)50(73)36-83-63)33-51-53(60(80)66-28-26-65(27-29-66)42-21-17-15-18-22-42)49(72)35-62(81,87-51)34-45(69)31-48(71)47(70)25-24-43(67)30-44(68)32-52(74)84-40(3)39(2)55(38)75/h5-23,38-41,43-51,53-59,61,64,67-73,75-79,81-82H,24-37H2,1-4H3/t38-,39-,40-,41+,43+,44+,45-,46-,47+,48+,49-,50+,51?,53?,54-,55+,56+,57+,58-,59-,61?,62+,63+/m0/s1. The smallest absolute Gasteiger partial charge is 0.308 e. The predicted octanol–water partition coefficient (Wildman–Crippen LogP) is -0.592. The maximum absolute atomic E-state index is 14.8. The molecule has 1 aromatic rings. The number of allylic oxidation sites excluding steroid dienone is 12. The van der Waals surface area contributed by atoms with Crippen LogP contribution in [-0.4, -0.2) is 249 Å². The number of rotatable bonds is 7. The number of amides is 1. The Hall–Kier alpha value is -4.62. The molecule has 1 aromatic carbocycles. The highest BCUT2D eigenvalue weighted by atomic mass is 16.7. The van der Waals surface area contributed by atoms with E-state index in [-0.39, 0.29) is 44.7 Å². The van der Waals surface area contributed by atoms with Gasteiger partial charge in [0, 0.05) is 69.4 Å². The van der Waals surface area contributed by atoms with Crippen molar-refractivity contribution in [2.24, 2.45) is 17.8 Å². The molecule has 15 N–H and O–H groups in total. The van der Waals surface area contributed by atoms with E-state index in [1.807, 2.05) is 43.3 Å². The Labute approximate surface area is 508 Å². The molecule has 5 aliphatic rings. The van der Waals surface area contributed by atoms with Crippen molar-refractivity contribution in [3.05, 3.63) is 115 Å². The molecule has 87 heavy (non-hydrogen) atoms. The Balaban J connectivity index is 1.28. The van der Waals surface area contributed by atoms with E-state index in [0.717, 1.165) is 5.69 Å². The van der Waals surface area contributed by atoms with E-state index in [1.54, 1.807) is 97.7 Å². The maximum Gasteiger partial charge on any atom is 0.308 e. The summed E-state index contributed by atoms with van der Waals surface area (Å²) < 4.78 is 29.8. The number of cyclic esters (lactones) is 1. The fraction of sp³-hybridized carbons (Fsp3) is 0.651. The topological polar surface area (TPSA) is 382 Å². The molecule has 23 atom stereocenters. The Morgan fingerprint density at radius 2 is 1.24 bits per heavy atom. The number of hydrogen-bond donors (Lipinski definition) is 15. The molecule has 0 spiro atoms. The third-order valence-electron chi connectivity index (χ3n) is 17.0. The first-order valence-electron chi connectivity index (χ1n) is 30.2. The van der Waals surface area contributed by atoms with Gasteiger partial charge in [-0.1, -0.05) is 117 Å². The SMILES string of the molecule is C[C@@H]1[C@H](O)[C@@H](C)C=CC=CC=CC=CC=CC=CC=C[C@H](OC2O[C@H](C)[C@@H](O)[C@H](NC[C@@]3(O)OC[C@@H](O)[C@@H](O)[C@@H]3O)[C@@H]2O)CC2O[C@](O)(C[C@@H](O)C[C@@H](O)[C@H](O)CC[C@@H](O)C[C@@H](O)CC(=O)O[C@H]1C)C[C@H](O)C2C(=O)N1CCN(c2ccccc2)CC1. The van der Waals surface area contributed by atoms with Gasteiger partial charge in [-0.05, 0) is 45.2 Å². The molecular weight excluding hydrogens is 1130 g/mol. The Bertz CT molecular complexity index is 2480. The number of piperazine rings is 1. The van der Waals surface area contributed by atoms with Crippen LogP contribution in [0.4, 0.5) is 5.69 Å². The van der Waals surface area contributed by atoms with Crippen LogP contribution in [-0.2, 0) is 33.3 Å². The Morgan fingerprint density at radius 1 is 0.632 bits per heavy atom. The lowest BCUT2D eigenvalue weighted by Crippen LogP contribution is -2.69. The minimum absolute atomic E-state index is 0.130. The largest absolute Gasteiger partial charge is 0.462 e. The number of carbonyl (C=O) groups excluding carboxylic acids is 2. The van der Waals surface area contributed by atoms with Gasteiger partial charge in [0.2, 0.25) is 11.7 Å². The van der Waals surface area contributed by atoms with E-state index in [2.05, 4.69) is 10.2 Å². The van der Waals surface area contributed by atoms with Crippen LogP contribution in [0.15, 0.2) is 115 Å². The molecule has 5 heterocycles. The lowest BCUT2D eigenvalue weighted by molar-refractivity contribution is -0.323. The van der Waals surface area contributed by atoms with E-state index in [1.165, 1.54) is 6.92 Å². The highest BCUT2D eigenvalue weighted by Gasteiger charge is 2.53. The first kappa shape index (κ1) is 71.5. The average Bonchev–Trinajstić information content (AvgIpc) is 1.60. The number of aliphatic hydroxyl groups excluding tert-OH is 12. The average molecular weight is 1230 g/mol. The molecular formula is C63H95N3O21. The zero-order valence-electron chi connectivity index (χ0n) is 50.0. The number of carbonyl (C=O) groups is 2. The fourth-order valence-electron chi connectivity index (χ4n) is 11.5. The van der Waals surface area contributed by atoms with Crippen LogP contribution < -0.4 is 10.2 Å². The van der Waals surface area contributed by atoms with Gasteiger partial charge in [0.15, 0.2) is 12.1 Å². The molecule has 3 unspecified atom stereocenters. The normalized spacial score (nSPS) is 40.9. The summed E-state index contributed by atoms with van der Waals surface area (Å²) in [7, 11) is 0. The van der Waals surface area contributed by atoms with Crippen molar-refractivity contribution in [3.63, 3.8) is 0 Å². The second-order valence-electron chi connectivity index (χ2n) is 23.9. The summed E-state index contributed by atoms with van der Waals surface area (Å²) in [6.45, 7) is 6.92. The van der Waals surface area contributed by atoms with Gasteiger partial charge >= 0.3 is 5.97 Å². The number of para-hydroxylation sites is 1. The molecule has 0 aliphatic carbocycles. The van der Waals surface area contributed by atoms with Gasteiger partial charge in [0.25, 0.3) is 0 Å². The van der Waals surface area contributed by atoms with Crippen molar-refractivity contribution in [2.75, 3.05) is 44.2 Å². The summed E-state index contributed by atoms with van der Waals surface area (Å²) in [6, 6.07) is 8.28. The van der Waals surface area contributed by atoms with Gasteiger partial charge in [0.05, 0.1) is 98.7 Å². The maximum atomic E-state index is 14.8. The van der Waals surface area contributed by atoms with Gasteiger partial charge < -0.3 is 110 Å².